The van der Waals surface area contributed by atoms with Crippen LogP contribution in [0.4, 0.5) is 5.69 Å². The van der Waals surface area contributed by atoms with Gasteiger partial charge in [-0.1, -0.05) is 25.1 Å². The van der Waals surface area contributed by atoms with Crippen molar-refractivity contribution in [1.29, 1.82) is 0 Å². The number of likely N-dealkylation sites (N-methyl/N-ethyl adjacent to an activating group) is 1. The topological polar surface area (TPSA) is 18.5 Å². The highest BCUT2D eigenvalue weighted by Crippen LogP contribution is 2.25. The fraction of sp³-hybridized carbons (Fsp3) is 0.625. The minimum Gasteiger partial charge on any atom is -0.368 e. The Labute approximate surface area is 117 Å². The Hall–Kier alpha value is -1.06. The van der Waals surface area contributed by atoms with Gasteiger partial charge in [0, 0.05) is 37.4 Å². The molecule has 0 aromatic heterocycles. The van der Waals surface area contributed by atoms with Gasteiger partial charge in [-0.05, 0) is 39.1 Å². The molecule has 1 fully saturated rings. The molecule has 0 saturated carbocycles. The van der Waals surface area contributed by atoms with Crippen molar-refractivity contribution in [3.8, 4) is 0 Å². The summed E-state index contributed by atoms with van der Waals surface area (Å²) in [5, 5.41) is 3.44. The van der Waals surface area contributed by atoms with E-state index in [2.05, 4.69) is 67.2 Å². The van der Waals surface area contributed by atoms with Crippen molar-refractivity contribution in [3.05, 3.63) is 29.8 Å². The molecule has 106 valence electrons. The van der Waals surface area contributed by atoms with Crippen molar-refractivity contribution in [2.45, 2.75) is 39.4 Å². The van der Waals surface area contributed by atoms with E-state index >= 15 is 0 Å². The van der Waals surface area contributed by atoms with Gasteiger partial charge in [-0.2, -0.15) is 0 Å². The van der Waals surface area contributed by atoms with Crippen molar-refractivity contribution in [1.82, 2.24) is 10.2 Å². The number of nitrogens with zero attached hydrogens (tertiary/aromatic N) is 2. The molecule has 2 unspecified atom stereocenters. The molecule has 2 rings (SSSR count). The van der Waals surface area contributed by atoms with Crippen LogP contribution in [0.1, 0.15) is 26.3 Å². The lowest BCUT2D eigenvalue weighted by Crippen LogP contribution is -2.55. The number of anilines is 1. The standard InChI is InChI=1S/C16H27N3/c1-5-17-10-15-8-6-7-9-16(15)19-11-13(2)18(4)14(3)12-19/h6-9,13-14,17H,5,10-12H2,1-4H3. The highest BCUT2D eigenvalue weighted by Gasteiger charge is 2.27. The van der Waals surface area contributed by atoms with Gasteiger partial charge in [0.1, 0.15) is 0 Å². The predicted octanol–water partition coefficient (Wildman–Crippen LogP) is 2.32. The zero-order valence-corrected chi connectivity index (χ0v) is 12.7. The Morgan fingerprint density at radius 1 is 1.16 bits per heavy atom. The zero-order valence-electron chi connectivity index (χ0n) is 12.7. The van der Waals surface area contributed by atoms with Crippen LogP contribution in [0.25, 0.3) is 0 Å². The zero-order chi connectivity index (χ0) is 13.8. The van der Waals surface area contributed by atoms with Crippen LogP contribution in [0.3, 0.4) is 0 Å². The van der Waals surface area contributed by atoms with Gasteiger partial charge < -0.3 is 10.2 Å². The number of rotatable bonds is 4. The van der Waals surface area contributed by atoms with E-state index in [0.29, 0.717) is 12.1 Å². The van der Waals surface area contributed by atoms with Gasteiger partial charge in [0.2, 0.25) is 0 Å². The molecule has 0 radical (unpaired) electrons. The maximum atomic E-state index is 3.44. The molecule has 1 aliphatic heterocycles. The molecule has 1 aromatic rings. The molecule has 1 N–H and O–H groups in total. The molecule has 1 saturated heterocycles. The molecule has 0 amide bonds. The molecule has 0 bridgehead atoms. The van der Waals surface area contributed by atoms with E-state index in [9.17, 15) is 0 Å². The fourth-order valence-corrected chi connectivity index (χ4v) is 2.83. The van der Waals surface area contributed by atoms with E-state index in [1.807, 2.05) is 0 Å². The number of benzene rings is 1. The first-order valence-corrected chi connectivity index (χ1v) is 7.39. The van der Waals surface area contributed by atoms with Gasteiger partial charge in [-0.3, -0.25) is 4.90 Å². The average molecular weight is 261 g/mol. The summed E-state index contributed by atoms with van der Waals surface area (Å²) in [5.74, 6) is 0. The van der Waals surface area contributed by atoms with Crippen molar-refractivity contribution >= 4 is 5.69 Å². The number of hydrogen-bond acceptors (Lipinski definition) is 3. The van der Waals surface area contributed by atoms with Gasteiger partial charge in [0.25, 0.3) is 0 Å². The minimum absolute atomic E-state index is 0.607. The van der Waals surface area contributed by atoms with Crippen LogP contribution < -0.4 is 10.2 Å². The van der Waals surface area contributed by atoms with Crippen LogP contribution in [0, 0.1) is 0 Å². The second-order valence-electron chi connectivity index (χ2n) is 5.68. The molecule has 0 spiro atoms. The third-order valence-electron chi connectivity index (χ3n) is 4.26. The number of piperazine rings is 1. The number of nitrogens with one attached hydrogen (secondary N) is 1. The lowest BCUT2D eigenvalue weighted by atomic mass is 10.1. The van der Waals surface area contributed by atoms with Crippen LogP contribution in [0.15, 0.2) is 24.3 Å². The molecule has 3 nitrogen and oxygen atoms in total. The molecule has 1 aromatic carbocycles. The molecule has 3 heteroatoms. The maximum absolute atomic E-state index is 3.44. The van der Waals surface area contributed by atoms with Gasteiger partial charge in [-0.25, -0.2) is 0 Å². The van der Waals surface area contributed by atoms with Crippen LogP contribution in [0.5, 0.6) is 0 Å². The summed E-state index contributed by atoms with van der Waals surface area (Å²) in [6.45, 7) is 11.0. The van der Waals surface area contributed by atoms with Gasteiger partial charge in [-0.15, -0.1) is 0 Å². The van der Waals surface area contributed by atoms with Crippen LogP contribution in [-0.4, -0.2) is 43.7 Å². The molecular weight excluding hydrogens is 234 g/mol. The van der Waals surface area contributed by atoms with Crippen LogP contribution in [0.2, 0.25) is 0 Å². The van der Waals surface area contributed by atoms with Crippen molar-refractivity contribution in [2.24, 2.45) is 0 Å². The highest BCUT2D eigenvalue weighted by atomic mass is 15.3. The second-order valence-corrected chi connectivity index (χ2v) is 5.68. The Balaban J connectivity index is 2.17. The summed E-state index contributed by atoms with van der Waals surface area (Å²) in [4.78, 5) is 5.02. The Morgan fingerprint density at radius 2 is 1.79 bits per heavy atom. The highest BCUT2D eigenvalue weighted by molar-refractivity contribution is 5.54. The van der Waals surface area contributed by atoms with Crippen molar-refractivity contribution in [2.75, 3.05) is 31.6 Å². The first kappa shape index (κ1) is 14.4. The van der Waals surface area contributed by atoms with E-state index in [1.165, 1.54) is 11.3 Å². The van der Waals surface area contributed by atoms with Gasteiger partial charge >= 0.3 is 0 Å². The fourth-order valence-electron chi connectivity index (χ4n) is 2.83. The summed E-state index contributed by atoms with van der Waals surface area (Å²) in [6, 6.07) is 10.0. The van der Waals surface area contributed by atoms with E-state index in [0.717, 1.165) is 26.2 Å². The summed E-state index contributed by atoms with van der Waals surface area (Å²) < 4.78 is 0. The summed E-state index contributed by atoms with van der Waals surface area (Å²) in [5.41, 5.74) is 2.81. The van der Waals surface area contributed by atoms with Crippen LogP contribution in [-0.2, 0) is 6.54 Å². The Kier molecular flexibility index (Phi) is 4.83. The summed E-state index contributed by atoms with van der Waals surface area (Å²) in [6.07, 6.45) is 0. The third kappa shape index (κ3) is 3.28. The summed E-state index contributed by atoms with van der Waals surface area (Å²) >= 11 is 0. The smallest absolute Gasteiger partial charge is 0.0412 e. The predicted molar refractivity (Wildman–Crippen MR) is 82.7 cm³/mol. The van der Waals surface area contributed by atoms with E-state index in [1.54, 1.807) is 0 Å². The first-order chi connectivity index (χ1) is 9.13. The molecule has 1 aliphatic rings. The third-order valence-corrected chi connectivity index (χ3v) is 4.26. The average Bonchev–Trinajstić information content (AvgIpc) is 2.42. The number of para-hydroxylation sites is 1. The van der Waals surface area contributed by atoms with Crippen LogP contribution >= 0.6 is 0 Å². The largest absolute Gasteiger partial charge is 0.368 e. The first-order valence-electron chi connectivity index (χ1n) is 7.39. The van der Waals surface area contributed by atoms with Gasteiger partial charge in [0.05, 0.1) is 0 Å². The molecule has 19 heavy (non-hydrogen) atoms. The normalized spacial score (nSPS) is 24.7. The molecule has 2 atom stereocenters. The summed E-state index contributed by atoms with van der Waals surface area (Å²) in [7, 11) is 2.23. The van der Waals surface area contributed by atoms with E-state index < -0.39 is 0 Å². The maximum Gasteiger partial charge on any atom is 0.0412 e. The Bertz CT molecular complexity index is 393. The monoisotopic (exact) mass is 261 g/mol. The molecular formula is C16H27N3. The molecule has 1 heterocycles. The van der Waals surface area contributed by atoms with Crippen molar-refractivity contribution in [3.63, 3.8) is 0 Å². The SMILES string of the molecule is CCNCc1ccccc1N1CC(C)N(C)C(C)C1. The number of hydrogen-bond donors (Lipinski definition) is 1. The van der Waals surface area contributed by atoms with Crippen molar-refractivity contribution < 1.29 is 0 Å². The minimum atomic E-state index is 0.607. The van der Waals surface area contributed by atoms with E-state index in [-0.39, 0.29) is 0 Å². The Morgan fingerprint density at radius 3 is 2.42 bits per heavy atom. The molecule has 0 aliphatic carbocycles. The van der Waals surface area contributed by atoms with Gasteiger partial charge in [0.15, 0.2) is 0 Å². The lowest BCUT2D eigenvalue weighted by Gasteiger charge is -2.44. The second kappa shape index (κ2) is 6.40. The van der Waals surface area contributed by atoms with E-state index in [4.69, 9.17) is 0 Å². The quantitative estimate of drug-likeness (QED) is 0.897. The lowest BCUT2D eigenvalue weighted by molar-refractivity contribution is 0.170.